The molecule has 280 valence electrons. The molecule has 0 aromatic heterocycles. The van der Waals surface area contributed by atoms with Crippen molar-refractivity contribution in [3.8, 4) is 0 Å². The van der Waals surface area contributed by atoms with E-state index in [4.69, 9.17) is 0 Å². The lowest BCUT2D eigenvalue weighted by Crippen LogP contribution is -2.50. The van der Waals surface area contributed by atoms with Gasteiger partial charge in [-0.25, -0.2) is 0 Å². The number of hydrogen-bond donors (Lipinski definition) is 4. The average molecular weight is 688 g/mol. The predicted molar refractivity (Wildman–Crippen MR) is 199 cm³/mol. The van der Waals surface area contributed by atoms with Crippen LogP contribution in [0.25, 0.3) is 0 Å². The Morgan fingerprint density at radius 3 is 1.28 bits per heavy atom. The van der Waals surface area contributed by atoms with E-state index in [-0.39, 0.29) is 6.42 Å². The number of rotatable bonds is 36. The minimum absolute atomic E-state index is 0.285. The van der Waals surface area contributed by atoms with Gasteiger partial charge in [0.25, 0.3) is 10.1 Å². The molecule has 4 N–H and O–H groups in total. The summed E-state index contributed by atoms with van der Waals surface area (Å²) in [6.07, 6.45) is 36.9. The van der Waals surface area contributed by atoms with Crippen LogP contribution < -0.4 is 5.32 Å². The first-order valence-corrected chi connectivity index (χ1v) is 21.6. The first-order valence-electron chi connectivity index (χ1n) is 20.0. The first kappa shape index (κ1) is 46.0. The standard InChI is InChI=1S/C39H77NO6S/c1-3-5-7-9-11-13-15-17-18-19-20-21-22-24-25-27-29-31-33-37(41)36(35-47(44,45)46)40-39(43)38(42)34-32-30-28-26-23-16-14-12-10-8-6-4-2/h31,33,36-38,41-42H,3-30,32,34-35H2,1-2H3,(H,40,43)(H,44,45,46)/b33-31+. The third-order valence-electron chi connectivity index (χ3n) is 9.32. The Bertz CT molecular complexity index is 818. The predicted octanol–water partition coefficient (Wildman–Crippen LogP) is 10.4. The second-order valence-corrected chi connectivity index (χ2v) is 15.6. The van der Waals surface area contributed by atoms with E-state index in [1.807, 2.05) is 0 Å². The van der Waals surface area contributed by atoms with E-state index in [1.54, 1.807) is 6.08 Å². The highest BCUT2D eigenvalue weighted by Crippen LogP contribution is 2.15. The van der Waals surface area contributed by atoms with Crippen LogP contribution in [-0.2, 0) is 14.9 Å². The Morgan fingerprint density at radius 2 is 0.915 bits per heavy atom. The fourth-order valence-electron chi connectivity index (χ4n) is 6.22. The van der Waals surface area contributed by atoms with Gasteiger partial charge in [0.1, 0.15) is 6.10 Å². The van der Waals surface area contributed by atoms with Gasteiger partial charge in [0.15, 0.2) is 0 Å². The van der Waals surface area contributed by atoms with E-state index in [0.717, 1.165) is 38.5 Å². The van der Waals surface area contributed by atoms with Gasteiger partial charge in [-0.1, -0.05) is 199 Å². The van der Waals surface area contributed by atoms with Crippen LogP contribution in [0.15, 0.2) is 12.2 Å². The molecule has 0 saturated heterocycles. The number of nitrogens with one attached hydrogen (secondary N) is 1. The van der Waals surface area contributed by atoms with Crippen LogP contribution >= 0.6 is 0 Å². The lowest BCUT2D eigenvalue weighted by molar-refractivity contribution is -0.130. The maximum atomic E-state index is 12.5. The van der Waals surface area contributed by atoms with Gasteiger partial charge in [0.05, 0.1) is 17.9 Å². The molecule has 1 amide bonds. The molecule has 0 aromatic carbocycles. The second-order valence-electron chi connectivity index (χ2n) is 14.1. The lowest BCUT2D eigenvalue weighted by Gasteiger charge is -2.22. The van der Waals surface area contributed by atoms with Crippen molar-refractivity contribution in [1.82, 2.24) is 5.32 Å². The summed E-state index contributed by atoms with van der Waals surface area (Å²) < 4.78 is 32.5. The fourth-order valence-corrected chi connectivity index (χ4v) is 6.96. The van der Waals surface area contributed by atoms with Gasteiger partial charge in [0, 0.05) is 0 Å². The zero-order valence-corrected chi connectivity index (χ0v) is 31.6. The molecule has 7 nitrogen and oxygen atoms in total. The number of allylic oxidation sites excluding steroid dienone is 1. The molecular weight excluding hydrogens is 610 g/mol. The topological polar surface area (TPSA) is 124 Å². The molecular formula is C39H77NO6S. The van der Waals surface area contributed by atoms with Crippen molar-refractivity contribution in [3.63, 3.8) is 0 Å². The van der Waals surface area contributed by atoms with E-state index < -0.39 is 40.0 Å². The summed E-state index contributed by atoms with van der Waals surface area (Å²) in [5, 5.41) is 23.3. The molecule has 47 heavy (non-hydrogen) atoms. The van der Waals surface area contributed by atoms with Crippen molar-refractivity contribution in [3.05, 3.63) is 12.2 Å². The lowest BCUT2D eigenvalue weighted by atomic mass is 10.0. The highest BCUT2D eigenvalue weighted by Gasteiger charge is 2.27. The maximum absolute atomic E-state index is 12.5. The van der Waals surface area contributed by atoms with Crippen molar-refractivity contribution >= 4 is 16.0 Å². The molecule has 0 aliphatic heterocycles. The largest absolute Gasteiger partial charge is 0.387 e. The SMILES string of the molecule is CCCCCCCCCCCCCCCCCC/C=C/C(O)C(CS(=O)(=O)O)NC(=O)C(O)CCCCCCCCCCCCCC. The Kier molecular flexibility index (Phi) is 32.8. The summed E-state index contributed by atoms with van der Waals surface area (Å²) in [4.78, 5) is 12.5. The summed E-state index contributed by atoms with van der Waals surface area (Å²) in [6, 6.07) is -1.23. The molecule has 0 aliphatic carbocycles. The molecule has 0 spiro atoms. The number of hydrogen-bond acceptors (Lipinski definition) is 5. The number of carbonyl (C=O) groups is 1. The van der Waals surface area contributed by atoms with Crippen LogP contribution in [0.4, 0.5) is 0 Å². The highest BCUT2D eigenvalue weighted by molar-refractivity contribution is 7.85. The molecule has 0 radical (unpaired) electrons. The van der Waals surface area contributed by atoms with Gasteiger partial charge >= 0.3 is 0 Å². The molecule has 0 saturated carbocycles. The third-order valence-corrected chi connectivity index (χ3v) is 10.1. The zero-order chi connectivity index (χ0) is 34.9. The van der Waals surface area contributed by atoms with Crippen molar-refractivity contribution in [2.45, 2.75) is 225 Å². The van der Waals surface area contributed by atoms with Crippen LogP contribution in [-0.4, -0.2) is 53.1 Å². The minimum atomic E-state index is -4.43. The Morgan fingerprint density at radius 1 is 0.574 bits per heavy atom. The number of unbranched alkanes of at least 4 members (excludes halogenated alkanes) is 27. The van der Waals surface area contributed by atoms with Gasteiger partial charge in [-0.05, 0) is 19.3 Å². The highest BCUT2D eigenvalue weighted by atomic mass is 32.2. The fraction of sp³-hybridized carbons (Fsp3) is 0.923. The monoisotopic (exact) mass is 688 g/mol. The Labute approximate surface area is 291 Å². The van der Waals surface area contributed by atoms with E-state index in [2.05, 4.69) is 19.2 Å². The van der Waals surface area contributed by atoms with Crippen LogP contribution in [0.3, 0.4) is 0 Å². The summed E-state index contributed by atoms with van der Waals surface area (Å²) in [5.74, 6) is -1.53. The second kappa shape index (κ2) is 33.5. The van der Waals surface area contributed by atoms with Crippen LogP contribution in [0, 0.1) is 0 Å². The molecule has 0 rings (SSSR count). The molecule has 0 aromatic rings. The van der Waals surface area contributed by atoms with Crippen LogP contribution in [0.1, 0.15) is 206 Å². The molecule has 3 unspecified atom stereocenters. The molecule has 0 bridgehead atoms. The molecule has 0 fully saturated rings. The van der Waals surface area contributed by atoms with Gasteiger partial charge in [-0.15, -0.1) is 0 Å². The smallest absolute Gasteiger partial charge is 0.267 e. The molecule has 0 heterocycles. The molecule has 8 heteroatoms. The Balaban J connectivity index is 4.03. The maximum Gasteiger partial charge on any atom is 0.267 e. The van der Waals surface area contributed by atoms with E-state index in [0.29, 0.717) is 6.42 Å². The van der Waals surface area contributed by atoms with Crippen molar-refractivity contribution in [2.24, 2.45) is 0 Å². The van der Waals surface area contributed by atoms with Gasteiger partial charge in [0.2, 0.25) is 5.91 Å². The number of carbonyl (C=O) groups excluding carboxylic acids is 1. The van der Waals surface area contributed by atoms with E-state index >= 15 is 0 Å². The van der Waals surface area contributed by atoms with Crippen molar-refractivity contribution < 1.29 is 28.0 Å². The summed E-state index contributed by atoms with van der Waals surface area (Å²) >= 11 is 0. The van der Waals surface area contributed by atoms with Gasteiger partial charge < -0.3 is 15.5 Å². The number of aliphatic hydroxyl groups is 2. The molecule has 3 atom stereocenters. The first-order chi connectivity index (χ1) is 22.7. The summed E-state index contributed by atoms with van der Waals surface area (Å²) in [6.45, 7) is 4.50. The van der Waals surface area contributed by atoms with Crippen molar-refractivity contribution in [1.29, 1.82) is 0 Å². The van der Waals surface area contributed by atoms with E-state index in [1.165, 1.54) is 147 Å². The van der Waals surface area contributed by atoms with Gasteiger partial charge in [-0.2, -0.15) is 8.42 Å². The Hall–Kier alpha value is -0.960. The quantitative estimate of drug-likeness (QED) is 0.0295. The normalized spacial score (nSPS) is 14.1. The van der Waals surface area contributed by atoms with Crippen molar-refractivity contribution in [2.75, 3.05) is 5.75 Å². The van der Waals surface area contributed by atoms with Crippen LogP contribution in [0.5, 0.6) is 0 Å². The minimum Gasteiger partial charge on any atom is -0.387 e. The molecule has 0 aliphatic rings. The number of amides is 1. The summed E-state index contributed by atoms with van der Waals surface area (Å²) in [5.41, 5.74) is 0. The third kappa shape index (κ3) is 33.3. The number of aliphatic hydroxyl groups excluding tert-OH is 2. The summed E-state index contributed by atoms with van der Waals surface area (Å²) in [7, 11) is -4.43. The average Bonchev–Trinajstić information content (AvgIpc) is 3.03. The van der Waals surface area contributed by atoms with Crippen LogP contribution in [0.2, 0.25) is 0 Å². The zero-order valence-electron chi connectivity index (χ0n) is 30.8. The van der Waals surface area contributed by atoms with Gasteiger partial charge in [-0.3, -0.25) is 9.35 Å². The van der Waals surface area contributed by atoms with E-state index in [9.17, 15) is 28.0 Å².